The first-order chi connectivity index (χ1) is 5.54. The smallest absolute Gasteiger partial charge is 0.495 e. The van der Waals surface area contributed by atoms with Crippen LogP contribution in [0.2, 0.25) is 0 Å². The Morgan fingerprint density at radius 1 is 1.17 bits per heavy atom. The van der Waals surface area contributed by atoms with Crippen LogP contribution in [-0.2, 0) is 0 Å². The molecule has 4 nitrogen and oxygen atoms in total. The standard InChI is InChI=1S/C6H6BFO4/c8-3-1-2-4(9)6(10)5(3)7(11)12/h1-2,9-12H. The van der Waals surface area contributed by atoms with Crippen molar-refractivity contribution in [3.8, 4) is 11.5 Å². The first-order valence-electron chi connectivity index (χ1n) is 3.10. The van der Waals surface area contributed by atoms with Gasteiger partial charge in [0.25, 0.3) is 0 Å². The molecule has 64 valence electrons. The number of benzene rings is 1. The summed E-state index contributed by atoms with van der Waals surface area (Å²) in [4.78, 5) is 0. The molecule has 0 bridgehead atoms. The first kappa shape index (κ1) is 8.83. The van der Waals surface area contributed by atoms with E-state index >= 15 is 0 Å². The largest absolute Gasteiger partial charge is 0.504 e. The van der Waals surface area contributed by atoms with E-state index in [0.717, 1.165) is 12.1 Å². The van der Waals surface area contributed by atoms with Crippen LogP contribution in [-0.4, -0.2) is 27.4 Å². The summed E-state index contributed by atoms with van der Waals surface area (Å²) in [5.74, 6) is -2.44. The number of halogens is 1. The van der Waals surface area contributed by atoms with E-state index in [9.17, 15) is 4.39 Å². The van der Waals surface area contributed by atoms with Crippen LogP contribution in [0.3, 0.4) is 0 Å². The van der Waals surface area contributed by atoms with Crippen LogP contribution in [0.15, 0.2) is 12.1 Å². The molecule has 0 fully saturated rings. The highest BCUT2D eigenvalue weighted by atomic mass is 19.1. The number of phenols is 2. The summed E-state index contributed by atoms with van der Waals surface area (Å²) in [6, 6.07) is 1.74. The van der Waals surface area contributed by atoms with Gasteiger partial charge in [-0.2, -0.15) is 0 Å². The summed E-state index contributed by atoms with van der Waals surface area (Å²) in [5.41, 5.74) is -0.727. The number of rotatable bonds is 1. The van der Waals surface area contributed by atoms with Gasteiger partial charge in [-0.3, -0.25) is 0 Å². The lowest BCUT2D eigenvalue weighted by atomic mass is 9.79. The Kier molecular flexibility index (Phi) is 2.21. The van der Waals surface area contributed by atoms with E-state index in [-0.39, 0.29) is 0 Å². The second kappa shape index (κ2) is 3.00. The van der Waals surface area contributed by atoms with Gasteiger partial charge in [0, 0.05) is 0 Å². The third kappa shape index (κ3) is 1.34. The molecule has 0 aliphatic heterocycles. The van der Waals surface area contributed by atoms with Gasteiger partial charge in [0.1, 0.15) is 5.82 Å². The Balaban J connectivity index is 3.33. The van der Waals surface area contributed by atoms with E-state index in [4.69, 9.17) is 20.3 Å². The quantitative estimate of drug-likeness (QED) is 0.320. The maximum Gasteiger partial charge on any atom is 0.495 e. The van der Waals surface area contributed by atoms with Gasteiger partial charge in [0.15, 0.2) is 11.5 Å². The Bertz CT molecular complexity index is 302. The van der Waals surface area contributed by atoms with Crippen molar-refractivity contribution in [3.05, 3.63) is 17.9 Å². The highest BCUT2D eigenvalue weighted by Gasteiger charge is 2.23. The Morgan fingerprint density at radius 2 is 1.75 bits per heavy atom. The van der Waals surface area contributed by atoms with E-state index in [1.54, 1.807) is 0 Å². The fourth-order valence-corrected chi connectivity index (χ4v) is 0.818. The van der Waals surface area contributed by atoms with Gasteiger partial charge in [-0.05, 0) is 12.1 Å². The summed E-state index contributed by atoms with van der Waals surface area (Å²) in [7, 11) is -2.14. The number of hydrogen-bond acceptors (Lipinski definition) is 4. The van der Waals surface area contributed by atoms with Crippen molar-refractivity contribution in [1.29, 1.82) is 0 Å². The van der Waals surface area contributed by atoms with E-state index in [2.05, 4.69) is 0 Å². The van der Waals surface area contributed by atoms with Gasteiger partial charge in [-0.1, -0.05) is 0 Å². The van der Waals surface area contributed by atoms with Crippen LogP contribution in [0.25, 0.3) is 0 Å². The van der Waals surface area contributed by atoms with Crippen molar-refractivity contribution in [2.75, 3.05) is 0 Å². The van der Waals surface area contributed by atoms with Crippen molar-refractivity contribution >= 4 is 12.6 Å². The SMILES string of the molecule is OB(O)c1c(F)ccc(O)c1O. The van der Waals surface area contributed by atoms with E-state index in [0.29, 0.717) is 0 Å². The molecule has 0 unspecified atom stereocenters. The fraction of sp³-hybridized carbons (Fsp3) is 0. The predicted octanol–water partition coefficient (Wildman–Crippen LogP) is -1.08. The Labute approximate surface area is 67.7 Å². The molecule has 0 radical (unpaired) electrons. The lowest BCUT2D eigenvalue weighted by molar-refractivity contribution is 0.391. The van der Waals surface area contributed by atoms with Crippen LogP contribution >= 0.6 is 0 Å². The maximum absolute atomic E-state index is 12.7. The predicted molar refractivity (Wildman–Crippen MR) is 39.6 cm³/mol. The third-order valence-electron chi connectivity index (χ3n) is 1.40. The third-order valence-corrected chi connectivity index (χ3v) is 1.40. The normalized spacial score (nSPS) is 9.92. The van der Waals surface area contributed by atoms with Crippen molar-refractivity contribution < 1.29 is 24.7 Å². The summed E-state index contributed by atoms with van der Waals surface area (Å²) in [6.07, 6.45) is 0. The zero-order valence-corrected chi connectivity index (χ0v) is 5.90. The number of hydrogen-bond donors (Lipinski definition) is 4. The van der Waals surface area contributed by atoms with Crippen LogP contribution in [0.1, 0.15) is 0 Å². The molecule has 0 atom stereocenters. The van der Waals surface area contributed by atoms with Crippen LogP contribution in [0.5, 0.6) is 11.5 Å². The summed E-state index contributed by atoms with van der Waals surface area (Å²) >= 11 is 0. The lowest BCUT2D eigenvalue weighted by Crippen LogP contribution is -2.32. The van der Waals surface area contributed by atoms with Gasteiger partial charge in [-0.15, -0.1) is 0 Å². The topological polar surface area (TPSA) is 80.9 Å². The summed E-state index contributed by atoms with van der Waals surface area (Å²) in [6.45, 7) is 0. The Morgan fingerprint density at radius 3 is 2.17 bits per heavy atom. The molecule has 0 spiro atoms. The van der Waals surface area contributed by atoms with Crippen LogP contribution in [0, 0.1) is 5.82 Å². The van der Waals surface area contributed by atoms with E-state index in [1.165, 1.54) is 0 Å². The molecule has 0 aromatic heterocycles. The molecule has 0 saturated heterocycles. The minimum Gasteiger partial charge on any atom is -0.504 e. The number of phenolic OH excluding ortho intramolecular Hbond substituents is 2. The molecular formula is C6H6BFO4. The van der Waals surface area contributed by atoms with Gasteiger partial charge < -0.3 is 20.3 Å². The molecule has 1 aromatic carbocycles. The van der Waals surface area contributed by atoms with Crippen molar-refractivity contribution in [2.45, 2.75) is 0 Å². The van der Waals surface area contributed by atoms with Crippen molar-refractivity contribution in [1.82, 2.24) is 0 Å². The highest BCUT2D eigenvalue weighted by Crippen LogP contribution is 2.22. The maximum atomic E-state index is 12.7. The molecule has 4 N–H and O–H groups in total. The molecule has 0 aliphatic carbocycles. The zero-order chi connectivity index (χ0) is 9.30. The average molecular weight is 172 g/mol. The minimum atomic E-state index is -2.14. The van der Waals surface area contributed by atoms with Gasteiger partial charge in [0.05, 0.1) is 5.46 Å². The van der Waals surface area contributed by atoms with Crippen molar-refractivity contribution in [2.24, 2.45) is 0 Å². The average Bonchev–Trinajstić information content (AvgIpc) is 1.97. The second-order valence-corrected chi connectivity index (χ2v) is 2.20. The van der Waals surface area contributed by atoms with Crippen molar-refractivity contribution in [3.63, 3.8) is 0 Å². The number of aromatic hydroxyl groups is 2. The summed E-state index contributed by atoms with van der Waals surface area (Å²) < 4.78 is 12.7. The van der Waals surface area contributed by atoms with Crippen LogP contribution < -0.4 is 5.46 Å². The van der Waals surface area contributed by atoms with Gasteiger partial charge in [-0.25, -0.2) is 4.39 Å². The van der Waals surface area contributed by atoms with Gasteiger partial charge >= 0.3 is 7.12 Å². The molecule has 0 aliphatic rings. The summed E-state index contributed by atoms with van der Waals surface area (Å²) in [5, 5.41) is 34.9. The lowest BCUT2D eigenvalue weighted by Gasteiger charge is -2.05. The fourth-order valence-electron chi connectivity index (χ4n) is 0.818. The second-order valence-electron chi connectivity index (χ2n) is 2.20. The molecule has 0 heterocycles. The molecule has 0 amide bonds. The molecule has 12 heavy (non-hydrogen) atoms. The monoisotopic (exact) mass is 172 g/mol. The van der Waals surface area contributed by atoms with E-state index < -0.39 is 29.9 Å². The Hall–Kier alpha value is -1.27. The first-order valence-corrected chi connectivity index (χ1v) is 3.10. The zero-order valence-electron chi connectivity index (χ0n) is 5.90. The highest BCUT2D eigenvalue weighted by molar-refractivity contribution is 6.60. The molecular weight excluding hydrogens is 166 g/mol. The molecule has 1 rings (SSSR count). The van der Waals surface area contributed by atoms with Gasteiger partial charge in [0.2, 0.25) is 0 Å². The molecule has 6 heteroatoms. The molecule has 1 aromatic rings. The van der Waals surface area contributed by atoms with Crippen LogP contribution in [0.4, 0.5) is 4.39 Å². The minimum absolute atomic E-state index is 0.598. The van der Waals surface area contributed by atoms with E-state index in [1.807, 2.05) is 0 Å². The molecule has 0 saturated carbocycles.